The van der Waals surface area contributed by atoms with Gasteiger partial charge in [-0.15, -0.1) is 0 Å². The zero-order valence-electron chi connectivity index (χ0n) is 13.8. The molecule has 0 fully saturated rings. The molecule has 1 unspecified atom stereocenters. The minimum atomic E-state index is -0.894. The monoisotopic (exact) mass is 333 g/mol. The Morgan fingerprint density at radius 1 is 1.33 bits per heavy atom. The fourth-order valence-corrected chi connectivity index (χ4v) is 2.39. The molecule has 3 amide bonds. The second kappa shape index (κ2) is 7.12. The molecule has 1 aromatic heterocycles. The first kappa shape index (κ1) is 17.5. The van der Waals surface area contributed by atoms with Gasteiger partial charge in [0, 0.05) is 17.9 Å². The second-order valence-corrected chi connectivity index (χ2v) is 5.61. The average molecular weight is 333 g/mol. The molecule has 0 radical (unpaired) electrons. The fourth-order valence-electron chi connectivity index (χ4n) is 2.39. The highest BCUT2D eigenvalue weighted by Gasteiger charge is 2.13. The Hall–Kier alpha value is -2.90. The topological polar surface area (TPSA) is 102 Å². The molecule has 1 heterocycles. The van der Waals surface area contributed by atoms with Gasteiger partial charge in [-0.1, -0.05) is 0 Å². The summed E-state index contributed by atoms with van der Waals surface area (Å²) in [5.74, 6) is -1.62. The molecule has 128 valence electrons. The lowest BCUT2D eigenvalue weighted by atomic mass is 10.2. The van der Waals surface area contributed by atoms with Crippen molar-refractivity contribution in [3.05, 3.63) is 47.0 Å². The molecule has 0 aliphatic heterocycles. The lowest BCUT2D eigenvalue weighted by molar-refractivity contribution is 0.0996. The molecule has 0 aliphatic rings. The highest BCUT2D eigenvalue weighted by molar-refractivity contribution is 5.96. The van der Waals surface area contributed by atoms with Gasteiger partial charge in [-0.25, -0.2) is 9.18 Å². The van der Waals surface area contributed by atoms with E-state index in [9.17, 15) is 14.0 Å². The number of nitrogens with one attached hydrogen (secondary N) is 2. The summed E-state index contributed by atoms with van der Waals surface area (Å²) in [5, 5.41) is 9.61. The third-order valence-corrected chi connectivity index (χ3v) is 3.51. The van der Waals surface area contributed by atoms with Crippen molar-refractivity contribution in [1.82, 2.24) is 15.1 Å². The first-order valence-electron chi connectivity index (χ1n) is 7.45. The molecular formula is C16H20FN5O2. The second-order valence-electron chi connectivity index (χ2n) is 5.61. The Labute approximate surface area is 139 Å². The SMILES string of the molecule is Cc1cc(C)n(C(C)CNC(=O)Nc2ccc(F)c(C(N)=O)c2)n1. The van der Waals surface area contributed by atoms with Crippen LogP contribution in [0, 0.1) is 19.7 Å². The molecular weight excluding hydrogens is 313 g/mol. The zero-order chi connectivity index (χ0) is 17.9. The number of rotatable bonds is 5. The number of hydrogen-bond acceptors (Lipinski definition) is 3. The van der Waals surface area contributed by atoms with Crippen LogP contribution in [0.4, 0.5) is 14.9 Å². The largest absolute Gasteiger partial charge is 0.366 e. The molecule has 4 N–H and O–H groups in total. The number of nitrogens with zero attached hydrogens (tertiary/aromatic N) is 2. The Bertz CT molecular complexity index is 772. The molecule has 1 atom stereocenters. The van der Waals surface area contributed by atoms with Gasteiger partial charge in [0.15, 0.2) is 0 Å². The van der Waals surface area contributed by atoms with E-state index in [0.717, 1.165) is 17.5 Å². The molecule has 0 spiro atoms. The predicted octanol–water partition coefficient (Wildman–Crippen LogP) is 2.12. The van der Waals surface area contributed by atoms with Gasteiger partial charge in [-0.3, -0.25) is 9.48 Å². The highest BCUT2D eigenvalue weighted by Crippen LogP contribution is 2.14. The number of carbonyl (C=O) groups excluding carboxylic acids is 2. The van der Waals surface area contributed by atoms with Crippen molar-refractivity contribution >= 4 is 17.6 Å². The Morgan fingerprint density at radius 2 is 2.04 bits per heavy atom. The van der Waals surface area contributed by atoms with Gasteiger partial charge in [0.2, 0.25) is 0 Å². The van der Waals surface area contributed by atoms with E-state index in [-0.39, 0.29) is 17.3 Å². The minimum Gasteiger partial charge on any atom is -0.366 e. The Balaban J connectivity index is 1.95. The fraction of sp³-hybridized carbons (Fsp3) is 0.312. The standard InChI is InChI=1S/C16H20FN5O2/c1-9-6-10(2)22(21-9)11(3)8-19-16(24)20-12-4-5-14(17)13(7-12)15(18)23/h4-7,11H,8H2,1-3H3,(H2,18,23)(H2,19,20,24). The molecule has 0 aliphatic carbocycles. The number of urea groups is 1. The van der Waals surface area contributed by atoms with Crippen molar-refractivity contribution in [2.75, 3.05) is 11.9 Å². The maximum Gasteiger partial charge on any atom is 0.319 e. The number of primary amides is 1. The van der Waals surface area contributed by atoms with Crippen LogP contribution in [0.2, 0.25) is 0 Å². The predicted molar refractivity (Wildman–Crippen MR) is 88.4 cm³/mol. The quantitative estimate of drug-likeness (QED) is 0.781. The third-order valence-electron chi connectivity index (χ3n) is 3.51. The number of benzene rings is 1. The van der Waals surface area contributed by atoms with Gasteiger partial charge < -0.3 is 16.4 Å². The summed E-state index contributed by atoms with van der Waals surface area (Å²) in [6.07, 6.45) is 0. The molecule has 2 aromatic rings. The van der Waals surface area contributed by atoms with Crippen LogP contribution in [-0.4, -0.2) is 28.3 Å². The van der Waals surface area contributed by atoms with Crippen LogP contribution >= 0.6 is 0 Å². The van der Waals surface area contributed by atoms with Gasteiger partial charge in [0.05, 0.1) is 17.3 Å². The minimum absolute atomic E-state index is 0.0288. The Morgan fingerprint density at radius 3 is 2.62 bits per heavy atom. The summed E-state index contributed by atoms with van der Waals surface area (Å²) in [6.45, 7) is 6.14. The number of hydrogen-bond donors (Lipinski definition) is 3. The van der Waals surface area contributed by atoms with Crippen molar-refractivity contribution in [3.8, 4) is 0 Å². The third kappa shape index (κ3) is 4.09. The van der Waals surface area contributed by atoms with E-state index in [1.54, 1.807) is 0 Å². The van der Waals surface area contributed by atoms with E-state index in [0.29, 0.717) is 6.54 Å². The molecule has 1 aromatic carbocycles. The first-order valence-corrected chi connectivity index (χ1v) is 7.45. The lowest BCUT2D eigenvalue weighted by Gasteiger charge is -2.15. The summed E-state index contributed by atoms with van der Waals surface area (Å²) >= 11 is 0. The number of nitrogens with two attached hydrogens (primary N) is 1. The lowest BCUT2D eigenvalue weighted by Crippen LogP contribution is -2.33. The molecule has 0 saturated heterocycles. The van der Waals surface area contributed by atoms with Crippen LogP contribution in [0.25, 0.3) is 0 Å². The number of carbonyl (C=O) groups is 2. The van der Waals surface area contributed by atoms with Crippen LogP contribution in [0.1, 0.15) is 34.7 Å². The van der Waals surface area contributed by atoms with Gasteiger partial charge in [0.1, 0.15) is 5.82 Å². The van der Waals surface area contributed by atoms with Crippen molar-refractivity contribution < 1.29 is 14.0 Å². The number of halogens is 1. The van der Waals surface area contributed by atoms with E-state index < -0.39 is 17.8 Å². The van der Waals surface area contributed by atoms with Gasteiger partial charge in [-0.2, -0.15) is 5.10 Å². The summed E-state index contributed by atoms with van der Waals surface area (Å²) < 4.78 is 15.2. The average Bonchev–Trinajstić information content (AvgIpc) is 2.85. The van der Waals surface area contributed by atoms with Crippen LogP contribution in [0.3, 0.4) is 0 Å². The number of aryl methyl sites for hydroxylation is 2. The van der Waals surface area contributed by atoms with E-state index in [1.165, 1.54) is 12.1 Å². The zero-order valence-corrected chi connectivity index (χ0v) is 13.8. The smallest absolute Gasteiger partial charge is 0.319 e. The number of amides is 3. The van der Waals surface area contributed by atoms with Gasteiger partial charge >= 0.3 is 6.03 Å². The summed E-state index contributed by atoms with van der Waals surface area (Å²) in [7, 11) is 0. The molecule has 0 saturated carbocycles. The van der Waals surface area contributed by atoms with Crippen LogP contribution < -0.4 is 16.4 Å². The molecule has 7 nitrogen and oxygen atoms in total. The molecule has 8 heteroatoms. The van der Waals surface area contributed by atoms with E-state index in [1.807, 2.05) is 31.5 Å². The van der Waals surface area contributed by atoms with E-state index >= 15 is 0 Å². The van der Waals surface area contributed by atoms with Crippen molar-refractivity contribution in [3.63, 3.8) is 0 Å². The molecule has 0 bridgehead atoms. The van der Waals surface area contributed by atoms with Crippen molar-refractivity contribution in [1.29, 1.82) is 0 Å². The van der Waals surface area contributed by atoms with E-state index in [4.69, 9.17) is 5.73 Å². The maximum atomic E-state index is 13.4. The Kier molecular flexibility index (Phi) is 5.18. The number of anilines is 1. The van der Waals surface area contributed by atoms with E-state index in [2.05, 4.69) is 15.7 Å². The summed E-state index contributed by atoms with van der Waals surface area (Å²) in [4.78, 5) is 23.1. The summed E-state index contributed by atoms with van der Waals surface area (Å²) in [6, 6.07) is 5.09. The first-order chi connectivity index (χ1) is 11.3. The maximum absolute atomic E-state index is 13.4. The normalized spacial score (nSPS) is 11.8. The van der Waals surface area contributed by atoms with Crippen molar-refractivity contribution in [2.24, 2.45) is 5.73 Å². The van der Waals surface area contributed by atoms with Crippen LogP contribution in [0.15, 0.2) is 24.3 Å². The van der Waals surface area contributed by atoms with Gasteiger partial charge in [0.25, 0.3) is 5.91 Å². The summed E-state index contributed by atoms with van der Waals surface area (Å²) in [5.41, 5.74) is 7.00. The van der Waals surface area contributed by atoms with Crippen LogP contribution in [0.5, 0.6) is 0 Å². The molecule has 24 heavy (non-hydrogen) atoms. The highest BCUT2D eigenvalue weighted by atomic mass is 19.1. The number of aromatic nitrogens is 2. The molecule has 2 rings (SSSR count). The van der Waals surface area contributed by atoms with Gasteiger partial charge in [-0.05, 0) is 45.0 Å². The van der Waals surface area contributed by atoms with Crippen molar-refractivity contribution in [2.45, 2.75) is 26.8 Å². The van der Waals surface area contributed by atoms with Crippen LogP contribution in [-0.2, 0) is 0 Å².